The molecule has 3 rings (SSSR count). The van der Waals surface area contributed by atoms with Gasteiger partial charge in [-0.15, -0.1) is 0 Å². The molecule has 228 valence electrons. The topological polar surface area (TPSA) is 132 Å². The predicted octanol–water partition coefficient (Wildman–Crippen LogP) is 4.46. The predicted molar refractivity (Wildman–Crippen MR) is 161 cm³/mol. The van der Waals surface area contributed by atoms with Gasteiger partial charge >= 0.3 is 11.9 Å². The summed E-state index contributed by atoms with van der Waals surface area (Å²) in [6.45, 7) is 11.6. The van der Waals surface area contributed by atoms with Crippen LogP contribution in [0.25, 0.3) is 0 Å². The van der Waals surface area contributed by atoms with Crippen LogP contribution in [0.4, 0.5) is 0 Å². The lowest BCUT2D eigenvalue weighted by atomic mass is 9.71. The Morgan fingerprint density at radius 1 is 0.651 bits per heavy atom. The van der Waals surface area contributed by atoms with E-state index in [0.717, 1.165) is 16.7 Å². The first-order valence-corrected chi connectivity index (χ1v) is 13.7. The number of phenols is 1. The van der Waals surface area contributed by atoms with Crippen LogP contribution < -0.4 is 9.47 Å². The highest BCUT2D eigenvalue weighted by molar-refractivity contribution is 5.87. The van der Waals surface area contributed by atoms with E-state index in [4.69, 9.17) is 18.9 Å². The maximum atomic E-state index is 11.5. The molecule has 2 atom stereocenters. The lowest BCUT2D eigenvalue weighted by Crippen LogP contribution is -2.26. The SMILES string of the molecule is C=C(C)C(=O)OCC(O)COc1ccc(C(C)(c2ccc(O)cc2)c2ccc(OCC(O)COC(=O)C(=C)C)cc2)cc1. The molecule has 0 fully saturated rings. The largest absolute Gasteiger partial charge is 0.508 e. The van der Waals surface area contributed by atoms with Crippen molar-refractivity contribution in [2.75, 3.05) is 26.4 Å². The molecular formula is C34H38O9. The summed E-state index contributed by atoms with van der Waals surface area (Å²) in [5.41, 5.74) is 2.66. The minimum absolute atomic E-state index is 0.0649. The van der Waals surface area contributed by atoms with Crippen LogP contribution in [-0.2, 0) is 24.5 Å². The van der Waals surface area contributed by atoms with E-state index in [9.17, 15) is 24.9 Å². The number of benzene rings is 3. The second-order valence-electron chi connectivity index (χ2n) is 10.4. The fourth-order valence-corrected chi connectivity index (χ4v) is 4.13. The molecule has 0 saturated heterocycles. The van der Waals surface area contributed by atoms with E-state index < -0.39 is 29.6 Å². The van der Waals surface area contributed by atoms with Crippen molar-refractivity contribution in [1.29, 1.82) is 0 Å². The number of hydrogen-bond donors (Lipinski definition) is 3. The number of esters is 2. The van der Waals surface area contributed by atoms with Crippen molar-refractivity contribution in [2.45, 2.75) is 38.4 Å². The van der Waals surface area contributed by atoms with Gasteiger partial charge in [0.25, 0.3) is 0 Å². The molecule has 0 aromatic heterocycles. The Morgan fingerprint density at radius 3 is 1.30 bits per heavy atom. The monoisotopic (exact) mass is 590 g/mol. The summed E-state index contributed by atoms with van der Waals surface area (Å²) in [5, 5.41) is 30.1. The zero-order valence-corrected chi connectivity index (χ0v) is 24.6. The number of ether oxygens (including phenoxy) is 4. The van der Waals surface area contributed by atoms with Gasteiger partial charge in [0, 0.05) is 16.6 Å². The maximum Gasteiger partial charge on any atom is 0.333 e. The van der Waals surface area contributed by atoms with Crippen LogP contribution in [0, 0.1) is 0 Å². The number of aliphatic hydroxyl groups is 2. The van der Waals surface area contributed by atoms with Gasteiger partial charge in [0.15, 0.2) is 0 Å². The maximum absolute atomic E-state index is 11.5. The van der Waals surface area contributed by atoms with E-state index in [2.05, 4.69) is 20.1 Å². The van der Waals surface area contributed by atoms with Crippen LogP contribution in [0.3, 0.4) is 0 Å². The summed E-state index contributed by atoms with van der Waals surface area (Å²) in [4.78, 5) is 23.0. The van der Waals surface area contributed by atoms with Crippen LogP contribution in [0.2, 0.25) is 0 Å². The van der Waals surface area contributed by atoms with E-state index in [-0.39, 0.29) is 43.3 Å². The van der Waals surface area contributed by atoms with Gasteiger partial charge < -0.3 is 34.3 Å². The number of rotatable bonds is 15. The summed E-state index contributed by atoms with van der Waals surface area (Å²) in [6, 6.07) is 21.8. The van der Waals surface area contributed by atoms with E-state index in [1.54, 1.807) is 36.4 Å². The molecule has 0 heterocycles. The number of phenolic OH excluding ortho intramolecular Hbond substituents is 1. The Balaban J connectivity index is 1.73. The standard InChI is InChI=1S/C34H38O9/c1-22(2)32(38)42-20-28(36)18-40-30-14-8-25(9-15-30)34(5,24-6-12-27(35)13-7-24)26-10-16-31(17-11-26)41-19-29(37)21-43-33(39)23(3)4/h6-17,28-29,35-37H,1,3,18-21H2,2,4-5H3. The number of carbonyl (C=O) groups excluding carboxylic acids is 2. The van der Waals surface area contributed by atoms with E-state index in [1.807, 2.05) is 36.4 Å². The highest BCUT2D eigenvalue weighted by Crippen LogP contribution is 2.40. The zero-order valence-electron chi connectivity index (χ0n) is 24.6. The highest BCUT2D eigenvalue weighted by atomic mass is 16.6. The first-order valence-electron chi connectivity index (χ1n) is 13.7. The van der Waals surface area contributed by atoms with Crippen LogP contribution in [-0.4, -0.2) is 65.9 Å². The average Bonchev–Trinajstić information content (AvgIpc) is 3.00. The van der Waals surface area contributed by atoms with Crippen LogP contribution >= 0.6 is 0 Å². The molecule has 0 amide bonds. The third kappa shape index (κ3) is 9.19. The molecule has 0 bridgehead atoms. The average molecular weight is 591 g/mol. The first-order chi connectivity index (χ1) is 20.4. The smallest absolute Gasteiger partial charge is 0.333 e. The summed E-state index contributed by atoms with van der Waals surface area (Å²) in [5.74, 6) is 0.0571. The first kappa shape index (κ1) is 32.9. The third-order valence-electron chi connectivity index (χ3n) is 6.70. The van der Waals surface area contributed by atoms with Gasteiger partial charge in [0.05, 0.1) is 0 Å². The Morgan fingerprint density at radius 2 is 0.977 bits per heavy atom. The molecule has 2 unspecified atom stereocenters. The van der Waals surface area contributed by atoms with Crippen molar-refractivity contribution in [3.8, 4) is 17.2 Å². The fourth-order valence-electron chi connectivity index (χ4n) is 4.13. The minimum atomic E-state index is -1.00. The van der Waals surface area contributed by atoms with E-state index in [1.165, 1.54) is 13.8 Å². The second-order valence-corrected chi connectivity index (χ2v) is 10.4. The molecule has 0 aliphatic heterocycles. The molecule has 3 aromatic rings. The quantitative estimate of drug-likeness (QED) is 0.133. The summed E-state index contributed by atoms with van der Waals surface area (Å²) < 4.78 is 21.3. The molecule has 0 spiro atoms. The molecule has 0 aliphatic rings. The van der Waals surface area contributed by atoms with Crippen molar-refractivity contribution < 1.29 is 43.9 Å². The Bertz CT molecular complexity index is 1310. The fraction of sp³-hybridized carbons (Fsp3) is 0.294. The van der Waals surface area contributed by atoms with Gasteiger partial charge in [-0.25, -0.2) is 9.59 Å². The summed E-state index contributed by atoms with van der Waals surface area (Å²) in [6.07, 6.45) is -2.00. The molecule has 0 aliphatic carbocycles. The molecule has 9 nitrogen and oxygen atoms in total. The third-order valence-corrected chi connectivity index (χ3v) is 6.70. The van der Waals surface area contributed by atoms with Gasteiger partial charge in [-0.3, -0.25) is 0 Å². The van der Waals surface area contributed by atoms with E-state index in [0.29, 0.717) is 11.5 Å². The van der Waals surface area contributed by atoms with Crippen LogP contribution in [0.5, 0.6) is 17.2 Å². The lowest BCUT2D eigenvalue weighted by Gasteiger charge is -2.32. The summed E-state index contributed by atoms with van der Waals surface area (Å²) >= 11 is 0. The highest BCUT2D eigenvalue weighted by Gasteiger charge is 2.31. The zero-order chi connectivity index (χ0) is 31.6. The second kappa shape index (κ2) is 15.0. The number of aromatic hydroxyl groups is 1. The van der Waals surface area contributed by atoms with Gasteiger partial charge in [-0.1, -0.05) is 49.6 Å². The van der Waals surface area contributed by atoms with Gasteiger partial charge in [0.1, 0.15) is 55.9 Å². The molecule has 3 N–H and O–H groups in total. The molecule has 43 heavy (non-hydrogen) atoms. The normalized spacial score (nSPS) is 13.6. The van der Waals surface area contributed by atoms with Gasteiger partial charge in [-0.05, 0) is 73.9 Å². The molecule has 0 radical (unpaired) electrons. The number of aliphatic hydroxyl groups excluding tert-OH is 2. The van der Waals surface area contributed by atoms with Crippen LogP contribution in [0.1, 0.15) is 37.5 Å². The van der Waals surface area contributed by atoms with E-state index >= 15 is 0 Å². The van der Waals surface area contributed by atoms with Gasteiger partial charge in [0.2, 0.25) is 0 Å². The molecule has 0 saturated carbocycles. The Kier molecular flexibility index (Phi) is 11.5. The Hall–Kier alpha value is -4.60. The number of hydrogen-bond acceptors (Lipinski definition) is 9. The molecule has 9 heteroatoms. The Labute approximate surface area is 251 Å². The van der Waals surface area contributed by atoms with Crippen molar-refractivity contribution in [3.05, 3.63) is 114 Å². The number of carbonyl (C=O) groups is 2. The lowest BCUT2D eigenvalue weighted by molar-refractivity contribution is -0.143. The van der Waals surface area contributed by atoms with Crippen molar-refractivity contribution in [3.63, 3.8) is 0 Å². The summed E-state index contributed by atoms with van der Waals surface area (Å²) in [7, 11) is 0. The van der Waals surface area contributed by atoms with Crippen LogP contribution in [0.15, 0.2) is 97.1 Å². The van der Waals surface area contributed by atoms with Crippen molar-refractivity contribution in [1.82, 2.24) is 0 Å². The van der Waals surface area contributed by atoms with Gasteiger partial charge in [-0.2, -0.15) is 0 Å². The minimum Gasteiger partial charge on any atom is -0.508 e. The van der Waals surface area contributed by atoms with Crippen molar-refractivity contribution in [2.24, 2.45) is 0 Å². The molecular weight excluding hydrogens is 552 g/mol. The van der Waals surface area contributed by atoms with Crippen molar-refractivity contribution >= 4 is 11.9 Å². The molecule has 3 aromatic carbocycles.